The van der Waals surface area contributed by atoms with Crippen LogP contribution in [0.25, 0.3) is 0 Å². The molecule has 0 aliphatic carbocycles. The lowest BCUT2D eigenvalue weighted by molar-refractivity contribution is 0.0697. The topological polar surface area (TPSA) is 238 Å². The Balaban J connectivity index is 1.73. The number of azo groups is 1. The average molecular weight is 612 g/mol. The van der Waals surface area contributed by atoms with E-state index in [4.69, 9.17) is 17.3 Å². The number of aromatic nitrogens is 3. The number of halogens is 1. The van der Waals surface area contributed by atoms with Crippen LogP contribution in [-0.4, -0.2) is 49.9 Å². The number of rotatable bonds is 8. The summed E-state index contributed by atoms with van der Waals surface area (Å²) in [5, 5.41) is 35.3. The lowest BCUT2D eigenvalue weighted by Crippen LogP contribution is -2.06. The Labute approximate surface area is 243 Å². The zero-order chi connectivity index (χ0) is 30.6. The fraction of sp³-hybridized carbons (Fsp3) is 0.0800. The number of anilines is 4. The number of aryl methyl sites for hydroxylation is 2. The molecule has 0 radical (unpaired) electrons. The standard InChI is InChI=1S/C25H22ClN9O6S/c1-12-9-18(20(36)19(10-12)42(39,40)41)33-35-21(15-6-4-3-5-13(15)2)34-32-17-8-7-14(11-16(17)22(37)38)28-25-30-23(26)29-24(27)31-25/h3-11,33,36H,1-2H3,(H,37,38)(H,39,40,41)(H3,27,28,29,30,31)/b34-32?,35-21-. The molecule has 0 fully saturated rings. The number of hydrogen-bond acceptors (Lipinski definition) is 12. The third kappa shape index (κ3) is 7.11. The molecule has 216 valence electrons. The Bertz CT molecular complexity index is 1850. The van der Waals surface area contributed by atoms with Crippen molar-refractivity contribution in [2.24, 2.45) is 15.3 Å². The van der Waals surface area contributed by atoms with Gasteiger partial charge in [0.25, 0.3) is 10.1 Å². The Morgan fingerprint density at radius 1 is 1.02 bits per heavy atom. The molecule has 1 heterocycles. The van der Waals surface area contributed by atoms with Gasteiger partial charge in [-0.05, 0) is 66.9 Å². The molecule has 3 aromatic carbocycles. The maximum atomic E-state index is 12.0. The molecule has 0 amide bonds. The van der Waals surface area contributed by atoms with Crippen LogP contribution in [0.3, 0.4) is 0 Å². The molecule has 0 unspecified atom stereocenters. The van der Waals surface area contributed by atoms with Gasteiger partial charge >= 0.3 is 5.97 Å². The Morgan fingerprint density at radius 3 is 2.43 bits per heavy atom. The third-order valence-corrected chi connectivity index (χ3v) is 6.56. The number of nitrogens with two attached hydrogens (primary N) is 1. The van der Waals surface area contributed by atoms with Crippen LogP contribution in [0.2, 0.25) is 5.28 Å². The second-order valence-corrected chi connectivity index (χ2v) is 10.4. The zero-order valence-corrected chi connectivity index (χ0v) is 23.4. The molecule has 17 heteroatoms. The van der Waals surface area contributed by atoms with E-state index < -0.39 is 26.7 Å². The molecule has 4 aromatic rings. The van der Waals surface area contributed by atoms with E-state index in [-0.39, 0.29) is 45.6 Å². The third-order valence-electron chi connectivity index (χ3n) is 5.53. The number of carboxylic acids is 1. The molecule has 0 bridgehead atoms. The minimum absolute atomic E-state index is 0.00480. The first kappa shape index (κ1) is 29.8. The molecule has 7 N–H and O–H groups in total. The van der Waals surface area contributed by atoms with Crippen molar-refractivity contribution in [2.45, 2.75) is 18.7 Å². The van der Waals surface area contributed by atoms with Crippen molar-refractivity contribution in [3.05, 3.63) is 82.1 Å². The van der Waals surface area contributed by atoms with Gasteiger partial charge in [-0.2, -0.15) is 28.5 Å². The lowest BCUT2D eigenvalue weighted by Gasteiger charge is -2.11. The van der Waals surface area contributed by atoms with Gasteiger partial charge in [-0.25, -0.2) is 4.79 Å². The van der Waals surface area contributed by atoms with Crippen molar-refractivity contribution < 1.29 is 28.0 Å². The number of phenolic OH excluding ortho intramolecular Hbond substituents is 1. The molecule has 1 aromatic heterocycles. The maximum absolute atomic E-state index is 12.0. The van der Waals surface area contributed by atoms with Gasteiger partial charge in [0.2, 0.25) is 23.0 Å². The summed E-state index contributed by atoms with van der Waals surface area (Å²) in [6.45, 7) is 3.34. The Morgan fingerprint density at radius 2 is 1.76 bits per heavy atom. The summed E-state index contributed by atoms with van der Waals surface area (Å²) in [5.74, 6) is -2.24. The van der Waals surface area contributed by atoms with E-state index in [1.807, 2.05) is 0 Å². The predicted octanol–water partition coefficient (Wildman–Crippen LogP) is 4.68. The highest BCUT2D eigenvalue weighted by Crippen LogP contribution is 2.33. The smallest absolute Gasteiger partial charge is 0.338 e. The summed E-state index contributed by atoms with van der Waals surface area (Å²) < 4.78 is 32.8. The van der Waals surface area contributed by atoms with Crippen molar-refractivity contribution in [1.29, 1.82) is 0 Å². The van der Waals surface area contributed by atoms with Gasteiger partial charge in [0.05, 0.1) is 11.3 Å². The maximum Gasteiger partial charge on any atom is 0.338 e. The minimum Gasteiger partial charge on any atom is -0.504 e. The molecule has 0 atom stereocenters. The molecule has 42 heavy (non-hydrogen) atoms. The van der Waals surface area contributed by atoms with Crippen LogP contribution in [0.5, 0.6) is 5.75 Å². The first-order valence-electron chi connectivity index (χ1n) is 11.8. The Hall–Kier alpha value is -5.19. The summed E-state index contributed by atoms with van der Waals surface area (Å²) in [5.41, 5.74) is 9.64. The second-order valence-electron chi connectivity index (χ2n) is 8.64. The van der Waals surface area contributed by atoms with Crippen molar-refractivity contribution in [3.63, 3.8) is 0 Å². The summed E-state index contributed by atoms with van der Waals surface area (Å²) in [7, 11) is -4.73. The molecular formula is C25H22ClN9O6S. The number of carboxylic acid groups (broad SMARTS) is 1. The van der Waals surface area contributed by atoms with E-state index in [2.05, 4.69) is 41.0 Å². The highest BCUT2D eigenvalue weighted by Gasteiger charge is 2.20. The highest BCUT2D eigenvalue weighted by molar-refractivity contribution is 7.86. The first-order chi connectivity index (χ1) is 19.8. The monoisotopic (exact) mass is 611 g/mol. The molecule has 0 saturated carbocycles. The van der Waals surface area contributed by atoms with Crippen LogP contribution in [0.1, 0.15) is 27.0 Å². The van der Waals surface area contributed by atoms with Gasteiger partial charge in [-0.15, -0.1) is 10.2 Å². The van der Waals surface area contributed by atoms with Crippen LogP contribution in [0.4, 0.5) is 29.0 Å². The minimum atomic E-state index is -4.73. The number of nitrogen functional groups attached to an aromatic ring is 1. The molecule has 0 saturated heterocycles. The lowest BCUT2D eigenvalue weighted by atomic mass is 10.1. The number of carbonyl (C=O) groups is 1. The highest BCUT2D eigenvalue weighted by atomic mass is 35.5. The number of hydrogen-bond donors (Lipinski definition) is 6. The number of nitrogens with zero attached hydrogens (tertiary/aromatic N) is 6. The second kappa shape index (κ2) is 12.1. The largest absolute Gasteiger partial charge is 0.504 e. The normalized spacial score (nSPS) is 12.0. The van der Waals surface area contributed by atoms with Gasteiger partial charge in [0.1, 0.15) is 10.6 Å². The molecule has 15 nitrogen and oxygen atoms in total. The molecular weight excluding hydrogens is 590 g/mol. The summed E-state index contributed by atoms with van der Waals surface area (Å²) in [6, 6.07) is 13.6. The molecule has 0 aliphatic heterocycles. The van der Waals surface area contributed by atoms with E-state index in [0.717, 1.165) is 11.6 Å². The van der Waals surface area contributed by atoms with Crippen molar-refractivity contribution in [3.8, 4) is 5.75 Å². The summed E-state index contributed by atoms with van der Waals surface area (Å²) >= 11 is 5.79. The van der Waals surface area contributed by atoms with E-state index in [9.17, 15) is 28.0 Å². The van der Waals surface area contributed by atoms with Crippen LogP contribution in [-0.2, 0) is 10.1 Å². The van der Waals surface area contributed by atoms with Crippen LogP contribution in [0.15, 0.2) is 74.8 Å². The first-order valence-corrected chi connectivity index (χ1v) is 13.6. The molecule has 0 spiro atoms. The number of nitrogens with one attached hydrogen (secondary N) is 2. The number of aromatic hydroxyl groups is 1. The number of phenols is 1. The predicted molar refractivity (Wildman–Crippen MR) is 154 cm³/mol. The van der Waals surface area contributed by atoms with Gasteiger partial charge in [0, 0.05) is 11.3 Å². The van der Waals surface area contributed by atoms with Gasteiger partial charge < -0.3 is 21.3 Å². The van der Waals surface area contributed by atoms with Crippen LogP contribution >= 0.6 is 11.6 Å². The van der Waals surface area contributed by atoms with E-state index in [1.54, 1.807) is 38.1 Å². The van der Waals surface area contributed by atoms with E-state index >= 15 is 0 Å². The van der Waals surface area contributed by atoms with Crippen molar-refractivity contribution >= 4 is 62.5 Å². The van der Waals surface area contributed by atoms with Gasteiger partial charge in [-0.3, -0.25) is 9.98 Å². The number of aromatic carboxylic acids is 1. The SMILES string of the molecule is Cc1cc(N/N=C(\N=Nc2ccc(Nc3nc(N)nc(Cl)n3)cc2C(=O)O)c2ccccc2C)c(O)c(S(=O)(=O)O)c1. The molecule has 0 aliphatic rings. The van der Waals surface area contributed by atoms with Crippen molar-refractivity contribution in [1.82, 2.24) is 15.0 Å². The quantitative estimate of drug-likeness (QED) is 0.0397. The van der Waals surface area contributed by atoms with E-state index in [0.29, 0.717) is 11.1 Å². The van der Waals surface area contributed by atoms with E-state index in [1.165, 1.54) is 24.3 Å². The summed E-state index contributed by atoms with van der Waals surface area (Å²) in [6.07, 6.45) is 0. The fourth-order valence-electron chi connectivity index (χ4n) is 3.62. The fourth-order valence-corrected chi connectivity index (χ4v) is 4.48. The zero-order valence-electron chi connectivity index (χ0n) is 21.8. The number of hydrazone groups is 1. The van der Waals surface area contributed by atoms with Crippen molar-refractivity contribution in [2.75, 3.05) is 16.5 Å². The number of amidine groups is 1. The van der Waals surface area contributed by atoms with Gasteiger partial charge in [0.15, 0.2) is 5.75 Å². The number of benzene rings is 3. The van der Waals surface area contributed by atoms with Crippen LogP contribution in [0, 0.1) is 13.8 Å². The molecule has 4 rings (SSSR count). The average Bonchev–Trinajstić information content (AvgIpc) is 2.90. The van der Waals surface area contributed by atoms with Crippen LogP contribution < -0.4 is 16.5 Å². The summed E-state index contributed by atoms with van der Waals surface area (Å²) in [4.78, 5) is 22.8. The Kier molecular flexibility index (Phi) is 8.60. The van der Waals surface area contributed by atoms with Gasteiger partial charge in [-0.1, -0.05) is 24.3 Å².